The molecule has 120 valence electrons. The molecule has 2 aromatic rings. The van der Waals surface area contributed by atoms with Crippen molar-refractivity contribution in [3.05, 3.63) is 53.3 Å². The fourth-order valence-electron chi connectivity index (χ4n) is 2.97. The molecule has 0 atom stereocenters. The van der Waals surface area contributed by atoms with E-state index in [9.17, 15) is 4.79 Å². The Kier molecular flexibility index (Phi) is 4.60. The summed E-state index contributed by atoms with van der Waals surface area (Å²) >= 11 is 0. The van der Waals surface area contributed by atoms with Gasteiger partial charge in [-0.2, -0.15) is 0 Å². The van der Waals surface area contributed by atoms with Crippen molar-refractivity contribution in [1.82, 2.24) is 4.98 Å². The summed E-state index contributed by atoms with van der Waals surface area (Å²) < 4.78 is 0. The van der Waals surface area contributed by atoms with E-state index >= 15 is 0 Å². The van der Waals surface area contributed by atoms with Gasteiger partial charge in [-0.25, -0.2) is 0 Å². The van der Waals surface area contributed by atoms with Gasteiger partial charge in [-0.15, -0.1) is 0 Å². The number of nitrogens with one attached hydrogen (secondary N) is 2. The molecule has 4 nitrogen and oxygen atoms in total. The lowest BCUT2D eigenvalue weighted by molar-refractivity contribution is 0.102. The van der Waals surface area contributed by atoms with Gasteiger partial charge in [0.2, 0.25) is 0 Å². The maximum atomic E-state index is 12.4. The van der Waals surface area contributed by atoms with Crippen molar-refractivity contribution >= 4 is 17.3 Å². The molecule has 1 aromatic carbocycles. The Morgan fingerprint density at radius 2 is 1.83 bits per heavy atom. The van der Waals surface area contributed by atoms with Crippen LogP contribution in [0, 0.1) is 13.8 Å². The van der Waals surface area contributed by atoms with E-state index in [0.29, 0.717) is 11.6 Å². The summed E-state index contributed by atoms with van der Waals surface area (Å²) in [5, 5.41) is 6.41. The van der Waals surface area contributed by atoms with Gasteiger partial charge in [0.15, 0.2) is 0 Å². The normalized spacial score (nSPS) is 14.7. The lowest BCUT2D eigenvalue weighted by Crippen LogP contribution is -2.16. The fraction of sp³-hybridized carbons (Fsp3) is 0.368. The van der Waals surface area contributed by atoms with Crippen molar-refractivity contribution in [3.8, 4) is 0 Å². The largest absolute Gasteiger partial charge is 0.381 e. The number of benzene rings is 1. The minimum absolute atomic E-state index is 0.129. The number of anilines is 2. The van der Waals surface area contributed by atoms with Crippen molar-refractivity contribution in [1.29, 1.82) is 0 Å². The van der Waals surface area contributed by atoms with E-state index in [-0.39, 0.29) is 5.91 Å². The van der Waals surface area contributed by atoms with Crippen LogP contribution in [0.3, 0.4) is 0 Å². The van der Waals surface area contributed by atoms with Gasteiger partial charge in [0.25, 0.3) is 5.91 Å². The summed E-state index contributed by atoms with van der Waals surface area (Å²) in [6.45, 7) is 4.10. The van der Waals surface area contributed by atoms with Crippen LogP contribution in [0.4, 0.5) is 11.4 Å². The first kappa shape index (κ1) is 15.5. The third-order valence-electron chi connectivity index (χ3n) is 4.49. The predicted molar refractivity (Wildman–Crippen MR) is 94.0 cm³/mol. The molecule has 0 radical (unpaired) electrons. The molecular formula is C19H23N3O. The second kappa shape index (κ2) is 6.82. The monoisotopic (exact) mass is 309 g/mol. The molecule has 0 spiro atoms. The van der Waals surface area contributed by atoms with Crippen molar-refractivity contribution in [2.24, 2.45) is 0 Å². The molecular weight excluding hydrogens is 286 g/mol. The summed E-state index contributed by atoms with van der Waals surface area (Å²) in [6, 6.07) is 8.31. The zero-order chi connectivity index (χ0) is 16.2. The summed E-state index contributed by atoms with van der Waals surface area (Å²) in [5.41, 5.74) is 4.69. The highest BCUT2D eigenvalue weighted by Gasteiger charge is 2.15. The number of nitrogens with zero attached hydrogens (tertiary/aromatic N) is 1. The number of pyridine rings is 1. The Bertz CT molecular complexity index is 706. The summed E-state index contributed by atoms with van der Waals surface area (Å²) in [6.07, 6.45) is 8.33. The standard InChI is InChI=1S/C19H23N3O/c1-13-7-8-17(9-14(13)2)22-19(23)15-10-18(12-20-11-15)21-16-5-3-4-6-16/h7-12,16,21H,3-6H2,1-2H3,(H,22,23). The molecule has 2 N–H and O–H groups in total. The quantitative estimate of drug-likeness (QED) is 0.885. The Hall–Kier alpha value is -2.36. The van der Waals surface area contributed by atoms with Crippen LogP contribution in [0.25, 0.3) is 0 Å². The topological polar surface area (TPSA) is 54.0 Å². The minimum Gasteiger partial charge on any atom is -0.381 e. The van der Waals surface area contributed by atoms with Gasteiger partial charge in [0.1, 0.15) is 0 Å². The van der Waals surface area contributed by atoms with Crippen LogP contribution in [0.1, 0.15) is 47.2 Å². The first-order valence-electron chi connectivity index (χ1n) is 8.22. The summed E-state index contributed by atoms with van der Waals surface area (Å²) in [7, 11) is 0. The average Bonchev–Trinajstić information content (AvgIpc) is 3.04. The van der Waals surface area contributed by atoms with Crippen LogP contribution in [-0.4, -0.2) is 16.9 Å². The van der Waals surface area contributed by atoms with E-state index in [1.807, 2.05) is 31.2 Å². The van der Waals surface area contributed by atoms with E-state index in [1.54, 1.807) is 12.4 Å². The van der Waals surface area contributed by atoms with Gasteiger partial charge >= 0.3 is 0 Å². The molecule has 0 aliphatic heterocycles. The van der Waals surface area contributed by atoms with Gasteiger partial charge in [-0.05, 0) is 56.0 Å². The summed E-state index contributed by atoms with van der Waals surface area (Å²) in [5.74, 6) is -0.129. The van der Waals surface area contributed by atoms with Gasteiger partial charge in [0, 0.05) is 24.1 Å². The number of aromatic nitrogens is 1. The summed E-state index contributed by atoms with van der Waals surface area (Å²) in [4.78, 5) is 16.6. The average molecular weight is 309 g/mol. The highest BCUT2D eigenvalue weighted by molar-refractivity contribution is 6.04. The maximum Gasteiger partial charge on any atom is 0.257 e. The van der Waals surface area contributed by atoms with Crippen molar-refractivity contribution in [2.45, 2.75) is 45.6 Å². The Labute approximate surface area is 137 Å². The SMILES string of the molecule is Cc1ccc(NC(=O)c2cncc(NC3CCCC3)c2)cc1C. The molecule has 0 bridgehead atoms. The molecule has 4 heteroatoms. The lowest BCUT2D eigenvalue weighted by Gasteiger charge is -2.14. The van der Waals surface area contributed by atoms with Gasteiger partial charge in [0.05, 0.1) is 11.3 Å². The Morgan fingerprint density at radius 3 is 2.57 bits per heavy atom. The number of amides is 1. The van der Waals surface area contributed by atoms with Crippen molar-refractivity contribution < 1.29 is 4.79 Å². The molecule has 0 unspecified atom stereocenters. The van der Waals surface area contributed by atoms with Crippen molar-refractivity contribution in [3.63, 3.8) is 0 Å². The lowest BCUT2D eigenvalue weighted by atomic mass is 10.1. The molecule has 1 heterocycles. The maximum absolute atomic E-state index is 12.4. The van der Waals surface area contributed by atoms with Crippen molar-refractivity contribution in [2.75, 3.05) is 10.6 Å². The first-order valence-corrected chi connectivity index (χ1v) is 8.22. The van der Waals surface area contributed by atoms with Crippen LogP contribution in [0.15, 0.2) is 36.7 Å². The van der Waals surface area contributed by atoms with Crippen LogP contribution < -0.4 is 10.6 Å². The predicted octanol–water partition coefficient (Wildman–Crippen LogP) is 4.31. The zero-order valence-corrected chi connectivity index (χ0v) is 13.7. The second-order valence-corrected chi connectivity index (χ2v) is 6.34. The van der Waals surface area contributed by atoms with E-state index < -0.39 is 0 Å². The van der Waals surface area contributed by atoms with Crippen LogP contribution in [-0.2, 0) is 0 Å². The fourth-order valence-corrected chi connectivity index (χ4v) is 2.97. The zero-order valence-electron chi connectivity index (χ0n) is 13.7. The molecule has 1 aromatic heterocycles. The first-order chi connectivity index (χ1) is 11.1. The van der Waals surface area contributed by atoms with E-state index in [4.69, 9.17) is 0 Å². The van der Waals surface area contributed by atoms with E-state index in [1.165, 1.54) is 31.2 Å². The van der Waals surface area contributed by atoms with Crippen LogP contribution >= 0.6 is 0 Å². The molecule has 3 rings (SSSR count). The van der Waals surface area contributed by atoms with Crippen LogP contribution in [0.2, 0.25) is 0 Å². The van der Waals surface area contributed by atoms with Gasteiger partial charge < -0.3 is 10.6 Å². The number of hydrogen-bond donors (Lipinski definition) is 2. The molecule has 1 aliphatic carbocycles. The highest BCUT2D eigenvalue weighted by atomic mass is 16.1. The molecule has 1 amide bonds. The second-order valence-electron chi connectivity index (χ2n) is 6.34. The number of hydrogen-bond acceptors (Lipinski definition) is 3. The molecule has 23 heavy (non-hydrogen) atoms. The highest BCUT2D eigenvalue weighted by Crippen LogP contribution is 2.22. The number of carbonyl (C=O) groups is 1. The van der Waals surface area contributed by atoms with Crippen LogP contribution in [0.5, 0.6) is 0 Å². The molecule has 1 aliphatic rings. The van der Waals surface area contributed by atoms with E-state index in [0.717, 1.165) is 16.9 Å². The molecule has 1 saturated carbocycles. The van der Waals surface area contributed by atoms with Gasteiger partial charge in [-0.3, -0.25) is 9.78 Å². The van der Waals surface area contributed by atoms with Gasteiger partial charge in [-0.1, -0.05) is 18.9 Å². The minimum atomic E-state index is -0.129. The Balaban J connectivity index is 1.70. The smallest absolute Gasteiger partial charge is 0.257 e. The number of carbonyl (C=O) groups excluding carboxylic acids is 1. The van der Waals surface area contributed by atoms with E-state index in [2.05, 4.69) is 22.5 Å². The number of aryl methyl sites for hydroxylation is 2. The number of rotatable bonds is 4. The molecule has 1 fully saturated rings. The third-order valence-corrected chi connectivity index (χ3v) is 4.49. The molecule has 0 saturated heterocycles. The Morgan fingerprint density at radius 1 is 1.04 bits per heavy atom. The third kappa shape index (κ3) is 3.89.